The predicted octanol–water partition coefficient (Wildman–Crippen LogP) is 4.79. The summed E-state index contributed by atoms with van der Waals surface area (Å²) in [7, 11) is 0. The van der Waals surface area contributed by atoms with Gasteiger partial charge < -0.3 is 5.32 Å². The van der Waals surface area contributed by atoms with Gasteiger partial charge in [0.2, 0.25) is 5.91 Å². The summed E-state index contributed by atoms with van der Waals surface area (Å²) in [6.45, 7) is 4.01. The molecule has 0 aliphatic heterocycles. The van der Waals surface area contributed by atoms with Crippen LogP contribution in [-0.4, -0.2) is 5.91 Å². The van der Waals surface area contributed by atoms with Crippen molar-refractivity contribution >= 4 is 34.8 Å². The Balaban J connectivity index is 2.09. The van der Waals surface area contributed by atoms with Gasteiger partial charge >= 0.3 is 0 Å². The van der Waals surface area contributed by atoms with E-state index in [9.17, 15) is 4.79 Å². The first-order valence-corrected chi connectivity index (χ1v) is 7.03. The van der Waals surface area contributed by atoms with Gasteiger partial charge in [-0.1, -0.05) is 41.4 Å². The number of rotatable bonds is 3. The summed E-state index contributed by atoms with van der Waals surface area (Å²) in [5.74, 6) is -0.0721. The predicted molar refractivity (Wildman–Crippen MR) is 84.7 cm³/mol. The lowest BCUT2D eigenvalue weighted by molar-refractivity contribution is -0.115. The molecular weight excluding hydrogens is 293 g/mol. The zero-order chi connectivity index (χ0) is 14.7. The van der Waals surface area contributed by atoms with Gasteiger partial charge in [0.1, 0.15) is 0 Å². The fourth-order valence-electron chi connectivity index (χ4n) is 1.92. The van der Waals surface area contributed by atoms with Gasteiger partial charge in [-0.05, 0) is 48.7 Å². The van der Waals surface area contributed by atoms with E-state index in [-0.39, 0.29) is 12.3 Å². The number of halogens is 2. The van der Waals surface area contributed by atoms with E-state index in [1.54, 1.807) is 18.2 Å². The van der Waals surface area contributed by atoms with Crippen LogP contribution < -0.4 is 5.32 Å². The third-order valence-corrected chi connectivity index (χ3v) is 3.97. The minimum Gasteiger partial charge on any atom is -0.326 e. The lowest BCUT2D eigenvalue weighted by Gasteiger charge is -2.10. The van der Waals surface area contributed by atoms with Crippen LogP contribution in [-0.2, 0) is 11.2 Å². The smallest absolute Gasteiger partial charge is 0.228 e. The first-order chi connectivity index (χ1) is 9.47. The summed E-state index contributed by atoms with van der Waals surface area (Å²) in [6, 6.07) is 11.1. The van der Waals surface area contributed by atoms with Crippen molar-refractivity contribution in [3.05, 3.63) is 63.1 Å². The molecule has 0 spiro atoms. The number of hydrogen-bond acceptors (Lipinski definition) is 1. The average molecular weight is 308 g/mol. The van der Waals surface area contributed by atoms with Crippen molar-refractivity contribution in [3.63, 3.8) is 0 Å². The van der Waals surface area contributed by atoms with Crippen molar-refractivity contribution in [1.29, 1.82) is 0 Å². The van der Waals surface area contributed by atoms with Gasteiger partial charge in [-0.2, -0.15) is 0 Å². The number of carbonyl (C=O) groups is 1. The SMILES string of the molecule is Cc1cccc(NC(=O)Cc2ccc(Cl)c(Cl)c2)c1C. The molecule has 0 saturated heterocycles. The molecule has 0 aliphatic rings. The van der Waals surface area contributed by atoms with E-state index in [1.807, 2.05) is 32.0 Å². The van der Waals surface area contributed by atoms with Crippen LogP contribution in [0.4, 0.5) is 5.69 Å². The van der Waals surface area contributed by atoms with Gasteiger partial charge in [0, 0.05) is 5.69 Å². The third-order valence-electron chi connectivity index (χ3n) is 3.23. The summed E-state index contributed by atoms with van der Waals surface area (Å²) in [6.07, 6.45) is 0.268. The molecule has 4 heteroatoms. The lowest BCUT2D eigenvalue weighted by Crippen LogP contribution is -2.15. The van der Waals surface area contributed by atoms with Crippen LogP contribution in [0.3, 0.4) is 0 Å². The van der Waals surface area contributed by atoms with E-state index in [0.717, 1.165) is 22.4 Å². The Morgan fingerprint density at radius 1 is 1.10 bits per heavy atom. The van der Waals surface area contributed by atoms with Crippen molar-refractivity contribution in [2.24, 2.45) is 0 Å². The minimum absolute atomic E-state index is 0.0721. The lowest BCUT2D eigenvalue weighted by atomic mass is 10.1. The quantitative estimate of drug-likeness (QED) is 0.867. The molecular formula is C16H15Cl2NO. The van der Waals surface area contributed by atoms with E-state index in [1.165, 1.54) is 0 Å². The third kappa shape index (κ3) is 3.53. The maximum atomic E-state index is 12.1. The zero-order valence-corrected chi connectivity index (χ0v) is 12.8. The number of amides is 1. The number of aryl methyl sites for hydroxylation is 1. The molecule has 0 radical (unpaired) electrons. The highest BCUT2D eigenvalue weighted by atomic mass is 35.5. The summed E-state index contributed by atoms with van der Waals surface area (Å²) < 4.78 is 0. The fourth-order valence-corrected chi connectivity index (χ4v) is 2.24. The summed E-state index contributed by atoms with van der Waals surface area (Å²) in [5.41, 5.74) is 3.91. The van der Waals surface area contributed by atoms with Crippen LogP contribution in [0, 0.1) is 13.8 Å². The summed E-state index contributed by atoms with van der Waals surface area (Å²) in [4.78, 5) is 12.1. The highest BCUT2D eigenvalue weighted by Gasteiger charge is 2.08. The van der Waals surface area contributed by atoms with Crippen molar-refractivity contribution < 1.29 is 4.79 Å². The van der Waals surface area contributed by atoms with Crippen molar-refractivity contribution in [2.45, 2.75) is 20.3 Å². The van der Waals surface area contributed by atoms with Crippen LogP contribution in [0.15, 0.2) is 36.4 Å². The van der Waals surface area contributed by atoms with E-state index in [4.69, 9.17) is 23.2 Å². The molecule has 0 fully saturated rings. The Hall–Kier alpha value is -1.51. The molecule has 0 bridgehead atoms. The number of nitrogens with one attached hydrogen (secondary N) is 1. The standard InChI is InChI=1S/C16H15Cl2NO/c1-10-4-3-5-15(11(10)2)19-16(20)9-12-6-7-13(17)14(18)8-12/h3-8H,9H2,1-2H3,(H,19,20). The Labute approximate surface area is 128 Å². The number of anilines is 1. The highest BCUT2D eigenvalue weighted by molar-refractivity contribution is 6.42. The van der Waals surface area contributed by atoms with E-state index in [0.29, 0.717) is 10.0 Å². The maximum Gasteiger partial charge on any atom is 0.228 e. The molecule has 20 heavy (non-hydrogen) atoms. The number of benzene rings is 2. The number of hydrogen-bond donors (Lipinski definition) is 1. The minimum atomic E-state index is -0.0721. The molecule has 2 aromatic rings. The van der Waals surface area contributed by atoms with Crippen LogP contribution in [0.1, 0.15) is 16.7 Å². The monoisotopic (exact) mass is 307 g/mol. The molecule has 1 N–H and O–H groups in total. The maximum absolute atomic E-state index is 12.1. The summed E-state index contributed by atoms with van der Waals surface area (Å²) in [5, 5.41) is 3.87. The number of carbonyl (C=O) groups excluding carboxylic acids is 1. The fraction of sp³-hybridized carbons (Fsp3) is 0.188. The molecule has 0 aliphatic carbocycles. The molecule has 0 unspecified atom stereocenters. The molecule has 0 heterocycles. The summed E-state index contributed by atoms with van der Waals surface area (Å²) >= 11 is 11.8. The second-order valence-corrected chi connectivity index (χ2v) is 5.54. The Morgan fingerprint density at radius 2 is 1.85 bits per heavy atom. The van der Waals surface area contributed by atoms with Gasteiger partial charge in [0.05, 0.1) is 16.5 Å². The molecule has 2 aromatic carbocycles. The first kappa shape index (κ1) is 14.9. The normalized spacial score (nSPS) is 10.4. The molecule has 0 saturated carbocycles. The van der Waals surface area contributed by atoms with Gasteiger partial charge in [-0.15, -0.1) is 0 Å². The molecule has 0 atom stereocenters. The van der Waals surface area contributed by atoms with E-state index >= 15 is 0 Å². The van der Waals surface area contributed by atoms with E-state index in [2.05, 4.69) is 5.32 Å². The largest absolute Gasteiger partial charge is 0.326 e. The van der Waals surface area contributed by atoms with Crippen molar-refractivity contribution in [1.82, 2.24) is 0 Å². The van der Waals surface area contributed by atoms with Crippen LogP contribution in [0.25, 0.3) is 0 Å². The van der Waals surface area contributed by atoms with Crippen molar-refractivity contribution in [2.75, 3.05) is 5.32 Å². The first-order valence-electron chi connectivity index (χ1n) is 6.27. The van der Waals surface area contributed by atoms with Gasteiger partial charge in [-0.25, -0.2) is 0 Å². The van der Waals surface area contributed by atoms with Crippen molar-refractivity contribution in [3.8, 4) is 0 Å². The average Bonchev–Trinajstić information content (AvgIpc) is 2.39. The molecule has 104 valence electrons. The Bertz CT molecular complexity index is 653. The zero-order valence-electron chi connectivity index (χ0n) is 11.3. The van der Waals surface area contributed by atoms with Gasteiger partial charge in [-0.3, -0.25) is 4.79 Å². The second-order valence-electron chi connectivity index (χ2n) is 4.72. The van der Waals surface area contributed by atoms with Gasteiger partial charge in [0.15, 0.2) is 0 Å². The Kier molecular flexibility index (Phi) is 4.69. The van der Waals surface area contributed by atoms with Gasteiger partial charge in [0.25, 0.3) is 0 Å². The Morgan fingerprint density at radius 3 is 2.55 bits per heavy atom. The van der Waals surface area contributed by atoms with Crippen LogP contribution in [0.2, 0.25) is 10.0 Å². The van der Waals surface area contributed by atoms with Crippen LogP contribution >= 0.6 is 23.2 Å². The van der Waals surface area contributed by atoms with Crippen LogP contribution in [0.5, 0.6) is 0 Å². The van der Waals surface area contributed by atoms with E-state index < -0.39 is 0 Å². The topological polar surface area (TPSA) is 29.1 Å². The molecule has 2 nitrogen and oxygen atoms in total. The molecule has 1 amide bonds. The second kappa shape index (κ2) is 6.29. The highest BCUT2D eigenvalue weighted by Crippen LogP contribution is 2.23. The molecule has 2 rings (SSSR count). The molecule has 0 aromatic heterocycles.